The third kappa shape index (κ3) is 4.43. The highest BCUT2D eigenvalue weighted by atomic mass is 35.5. The van der Waals surface area contributed by atoms with E-state index in [1.165, 1.54) is 6.20 Å². The molecule has 1 aromatic heterocycles. The normalized spacial score (nSPS) is 10.3. The molecule has 116 valence electrons. The lowest BCUT2D eigenvalue weighted by molar-refractivity contribution is 0.102. The van der Waals surface area contributed by atoms with E-state index in [1.807, 2.05) is 6.92 Å². The topological polar surface area (TPSA) is 66.9 Å². The number of aromatic nitrogens is 2. The summed E-state index contributed by atoms with van der Waals surface area (Å²) in [6, 6.07) is 5.30. The predicted octanol–water partition coefficient (Wildman–Crippen LogP) is 3.90. The van der Waals surface area contributed by atoms with E-state index in [0.717, 1.165) is 24.9 Å². The molecular weight excluding hydrogens is 300 g/mol. The van der Waals surface area contributed by atoms with Crippen LogP contribution in [0.2, 0.25) is 5.02 Å². The Balaban J connectivity index is 2.00. The Kier molecular flexibility index (Phi) is 5.72. The lowest BCUT2D eigenvalue weighted by Gasteiger charge is -2.09. The lowest BCUT2D eigenvalue weighted by Crippen LogP contribution is -2.15. The number of carbonyl (C=O) groups excluding carboxylic acids is 1. The highest BCUT2D eigenvalue weighted by Crippen LogP contribution is 2.20. The van der Waals surface area contributed by atoms with Gasteiger partial charge < -0.3 is 10.6 Å². The monoisotopic (exact) mass is 318 g/mol. The van der Waals surface area contributed by atoms with Crippen LogP contribution in [0.1, 0.15) is 35.8 Å². The molecule has 5 nitrogen and oxygen atoms in total. The molecule has 0 saturated carbocycles. The van der Waals surface area contributed by atoms with Crippen LogP contribution in [0.25, 0.3) is 0 Å². The molecule has 6 heteroatoms. The van der Waals surface area contributed by atoms with Gasteiger partial charge >= 0.3 is 0 Å². The zero-order chi connectivity index (χ0) is 15.9. The number of carbonyl (C=O) groups is 1. The molecule has 2 N–H and O–H groups in total. The van der Waals surface area contributed by atoms with Crippen LogP contribution in [-0.4, -0.2) is 22.4 Å². The Bertz CT molecular complexity index is 643. The van der Waals surface area contributed by atoms with Crippen molar-refractivity contribution in [3.05, 3.63) is 46.9 Å². The highest BCUT2D eigenvalue weighted by Gasteiger charge is 2.10. The number of hydrogen-bond donors (Lipinski definition) is 2. The average molecular weight is 319 g/mol. The SMILES string of the molecule is CCCCNc1cnc(C(=O)Nc2ccc(Cl)cc2C)cn1. The largest absolute Gasteiger partial charge is 0.369 e. The van der Waals surface area contributed by atoms with Gasteiger partial charge in [-0.15, -0.1) is 0 Å². The summed E-state index contributed by atoms with van der Waals surface area (Å²) in [5, 5.41) is 6.60. The minimum absolute atomic E-state index is 0.274. The van der Waals surface area contributed by atoms with Crippen LogP contribution in [0, 0.1) is 6.92 Å². The van der Waals surface area contributed by atoms with Crippen molar-refractivity contribution in [2.75, 3.05) is 17.2 Å². The van der Waals surface area contributed by atoms with Gasteiger partial charge in [-0.05, 0) is 37.1 Å². The molecule has 0 aliphatic rings. The summed E-state index contributed by atoms with van der Waals surface area (Å²) in [5.41, 5.74) is 1.88. The molecule has 0 unspecified atom stereocenters. The fourth-order valence-corrected chi connectivity index (χ4v) is 2.11. The average Bonchev–Trinajstić information content (AvgIpc) is 2.51. The first kappa shape index (κ1) is 16.2. The van der Waals surface area contributed by atoms with Gasteiger partial charge in [0.15, 0.2) is 0 Å². The predicted molar refractivity (Wildman–Crippen MR) is 89.6 cm³/mol. The molecule has 0 aliphatic carbocycles. The van der Waals surface area contributed by atoms with Gasteiger partial charge in [0.1, 0.15) is 11.5 Å². The first-order valence-electron chi connectivity index (χ1n) is 7.23. The molecule has 0 atom stereocenters. The van der Waals surface area contributed by atoms with E-state index in [4.69, 9.17) is 11.6 Å². The van der Waals surface area contributed by atoms with E-state index in [1.54, 1.807) is 24.4 Å². The van der Waals surface area contributed by atoms with Crippen LogP contribution < -0.4 is 10.6 Å². The molecule has 0 saturated heterocycles. The van der Waals surface area contributed by atoms with E-state index in [9.17, 15) is 4.79 Å². The summed E-state index contributed by atoms with van der Waals surface area (Å²) >= 11 is 5.90. The van der Waals surface area contributed by atoms with Crippen LogP contribution in [0.15, 0.2) is 30.6 Å². The maximum absolute atomic E-state index is 12.2. The molecule has 1 amide bonds. The number of anilines is 2. The molecule has 0 fully saturated rings. The molecule has 2 rings (SSSR count). The van der Waals surface area contributed by atoms with Gasteiger partial charge in [0.2, 0.25) is 0 Å². The first-order valence-corrected chi connectivity index (χ1v) is 7.61. The summed E-state index contributed by atoms with van der Waals surface area (Å²) in [6.07, 6.45) is 5.22. The lowest BCUT2D eigenvalue weighted by atomic mass is 10.2. The van der Waals surface area contributed by atoms with Crippen LogP contribution in [0.4, 0.5) is 11.5 Å². The van der Waals surface area contributed by atoms with Crippen molar-refractivity contribution in [1.29, 1.82) is 0 Å². The Labute approximate surface area is 135 Å². The minimum Gasteiger partial charge on any atom is -0.369 e. The Morgan fingerprint density at radius 1 is 1.27 bits per heavy atom. The van der Waals surface area contributed by atoms with Gasteiger partial charge in [-0.3, -0.25) is 4.79 Å². The second-order valence-corrected chi connectivity index (χ2v) is 5.42. The van der Waals surface area contributed by atoms with E-state index in [2.05, 4.69) is 27.5 Å². The van der Waals surface area contributed by atoms with Crippen molar-refractivity contribution < 1.29 is 4.79 Å². The maximum Gasteiger partial charge on any atom is 0.275 e. The third-order valence-corrected chi connectivity index (χ3v) is 3.39. The molecule has 0 bridgehead atoms. The van der Waals surface area contributed by atoms with E-state index >= 15 is 0 Å². The van der Waals surface area contributed by atoms with Crippen molar-refractivity contribution in [1.82, 2.24) is 9.97 Å². The van der Waals surface area contributed by atoms with Crippen molar-refractivity contribution in [3.63, 3.8) is 0 Å². The number of nitrogens with zero attached hydrogens (tertiary/aromatic N) is 2. The number of amides is 1. The second-order valence-electron chi connectivity index (χ2n) is 4.98. The van der Waals surface area contributed by atoms with Crippen LogP contribution in [0.5, 0.6) is 0 Å². The van der Waals surface area contributed by atoms with Gasteiger partial charge in [0, 0.05) is 17.3 Å². The van der Waals surface area contributed by atoms with Crippen LogP contribution >= 0.6 is 11.6 Å². The van der Waals surface area contributed by atoms with Crippen LogP contribution in [-0.2, 0) is 0 Å². The van der Waals surface area contributed by atoms with Crippen molar-refractivity contribution in [2.45, 2.75) is 26.7 Å². The minimum atomic E-state index is -0.293. The number of benzene rings is 1. The number of halogens is 1. The quantitative estimate of drug-likeness (QED) is 0.793. The Hall–Kier alpha value is -2.14. The Morgan fingerprint density at radius 2 is 2.09 bits per heavy atom. The molecule has 0 radical (unpaired) electrons. The number of rotatable bonds is 6. The summed E-state index contributed by atoms with van der Waals surface area (Å²) < 4.78 is 0. The van der Waals surface area contributed by atoms with Crippen molar-refractivity contribution in [2.24, 2.45) is 0 Å². The maximum atomic E-state index is 12.2. The number of nitrogens with one attached hydrogen (secondary N) is 2. The number of hydrogen-bond acceptors (Lipinski definition) is 4. The molecule has 1 heterocycles. The summed E-state index contributed by atoms with van der Waals surface area (Å²) in [5.74, 6) is 0.380. The summed E-state index contributed by atoms with van der Waals surface area (Å²) in [7, 11) is 0. The van der Waals surface area contributed by atoms with Crippen molar-refractivity contribution in [3.8, 4) is 0 Å². The third-order valence-electron chi connectivity index (χ3n) is 3.16. The van der Waals surface area contributed by atoms with Gasteiger partial charge in [-0.2, -0.15) is 0 Å². The van der Waals surface area contributed by atoms with Gasteiger partial charge in [-0.1, -0.05) is 24.9 Å². The Morgan fingerprint density at radius 3 is 2.73 bits per heavy atom. The van der Waals surface area contributed by atoms with Crippen molar-refractivity contribution >= 4 is 29.0 Å². The molecule has 1 aromatic carbocycles. The molecule has 0 spiro atoms. The van der Waals surface area contributed by atoms with E-state index in [0.29, 0.717) is 16.5 Å². The number of aryl methyl sites for hydroxylation is 1. The van der Waals surface area contributed by atoms with Gasteiger partial charge in [0.05, 0.1) is 12.4 Å². The molecular formula is C16H19ClN4O. The summed E-state index contributed by atoms with van der Waals surface area (Å²) in [4.78, 5) is 20.5. The fraction of sp³-hybridized carbons (Fsp3) is 0.312. The van der Waals surface area contributed by atoms with Gasteiger partial charge in [-0.25, -0.2) is 9.97 Å². The smallest absolute Gasteiger partial charge is 0.275 e. The number of unbranched alkanes of at least 4 members (excludes halogenated alkanes) is 1. The molecule has 2 aromatic rings. The first-order chi connectivity index (χ1) is 10.6. The zero-order valence-electron chi connectivity index (χ0n) is 12.7. The van der Waals surface area contributed by atoms with Gasteiger partial charge in [0.25, 0.3) is 5.91 Å². The second kappa shape index (κ2) is 7.75. The molecule has 0 aliphatic heterocycles. The molecule has 22 heavy (non-hydrogen) atoms. The van der Waals surface area contributed by atoms with E-state index < -0.39 is 0 Å². The van der Waals surface area contributed by atoms with E-state index in [-0.39, 0.29) is 11.6 Å². The standard InChI is InChI=1S/C16H19ClN4O/c1-3-4-7-18-15-10-19-14(9-20-15)16(22)21-13-6-5-12(17)8-11(13)2/h5-6,8-10H,3-4,7H2,1-2H3,(H,18,20)(H,21,22). The van der Waals surface area contributed by atoms with Crippen LogP contribution in [0.3, 0.4) is 0 Å². The summed E-state index contributed by atoms with van der Waals surface area (Å²) in [6.45, 7) is 4.86. The highest BCUT2D eigenvalue weighted by molar-refractivity contribution is 6.30. The zero-order valence-corrected chi connectivity index (χ0v) is 13.4. The fourth-order valence-electron chi connectivity index (χ4n) is 1.88.